The summed E-state index contributed by atoms with van der Waals surface area (Å²) in [4.78, 5) is 19.8. The molecule has 0 saturated heterocycles. The fourth-order valence-corrected chi connectivity index (χ4v) is 18.9. The molecule has 0 spiro atoms. The molecule has 8 nitrogen and oxygen atoms in total. The number of para-hydroxylation sites is 4. The maximum Gasteiger partial charge on any atom is 0.488 e. The van der Waals surface area contributed by atoms with Crippen LogP contribution in [0.2, 0.25) is 5.28 Å². The summed E-state index contributed by atoms with van der Waals surface area (Å²) in [7, 11) is -1.46. The molecule has 4 heterocycles. The summed E-state index contributed by atoms with van der Waals surface area (Å²) in [5.74, 6) is 0.671. The molecule has 138 heavy (non-hydrogen) atoms. The fourth-order valence-electron chi connectivity index (χ4n) is 18.7. The maximum absolute atomic E-state index is 9.42. The van der Waals surface area contributed by atoms with Gasteiger partial charge in [0.25, 0.3) is 0 Å². The van der Waals surface area contributed by atoms with Crippen molar-refractivity contribution < 1.29 is 10.0 Å². The van der Waals surface area contributed by atoms with E-state index in [1.807, 2.05) is 60.7 Å². The average Bonchev–Trinajstić information content (AvgIpc) is 1.60. The lowest BCUT2D eigenvalue weighted by Crippen LogP contribution is -2.29. The summed E-state index contributed by atoms with van der Waals surface area (Å²) in [6.07, 6.45) is 0. The standard InChI is InChI=1S/C64H43N3.C46H31ClN2.C18H14BNO2/c1-3-15-44(16-4-1)50-19-11-21-52(39-50)46-31-35-48(36-32-46)60-43-61(66-64(65-60)56-25-14-26-57(42-56)67-62-29-9-7-27-58(62)59-28-8-10-30-63(59)67)49-37-33-47(34-38-49)53-22-13-24-55(41-53)54-23-12-20-51(40-54)45-17-5-2-6-18-45;47-46-48-44(36-24-20-34(21-25-36)40-16-7-14-38(28-40)32-10-3-1-4-11-32)31-45(49-46)37-26-22-35(23-27-37)41-17-9-19-43(30-41)42-18-8-15-39(29-42)33-12-5-2-6-13-33;21-19(22)13-6-5-7-14(12-13)20-17-10-3-1-8-15(17)16-9-2-4-11-18(16)20/h1-43H;1-31H;1-12,21-22H. The van der Waals surface area contributed by atoms with Crippen molar-refractivity contribution in [1.82, 2.24) is 29.1 Å². The van der Waals surface area contributed by atoms with E-state index in [1.165, 1.54) is 99.4 Å². The molecule has 2 N–H and O–H groups in total. The topological polar surface area (TPSA) is 102 Å². The van der Waals surface area contributed by atoms with Crippen molar-refractivity contribution in [3.63, 3.8) is 0 Å². The van der Waals surface area contributed by atoms with Crippen molar-refractivity contribution in [2.24, 2.45) is 0 Å². The van der Waals surface area contributed by atoms with Crippen molar-refractivity contribution in [3.05, 3.63) is 527 Å². The molecule has 0 atom stereocenters. The minimum absolute atomic E-state index is 0.224. The van der Waals surface area contributed by atoms with Crippen molar-refractivity contribution >= 4 is 67.8 Å². The highest BCUT2D eigenvalue weighted by molar-refractivity contribution is 6.58. The Kier molecular flexibility index (Phi) is 24.2. The summed E-state index contributed by atoms with van der Waals surface area (Å²) < 4.78 is 4.49. The first kappa shape index (κ1) is 85.9. The largest absolute Gasteiger partial charge is 0.488 e. The third-order valence-corrected chi connectivity index (χ3v) is 25.9. The number of halogens is 1. The minimum atomic E-state index is -1.46. The first-order valence-electron chi connectivity index (χ1n) is 46.3. The van der Waals surface area contributed by atoms with E-state index in [9.17, 15) is 10.0 Å². The molecule has 24 rings (SSSR count). The lowest BCUT2D eigenvalue weighted by atomic mass is 9.80. The third-order valence-electron chi connectivity index (χ3n) is 25.7. The molecule has 0 aliphatic heterocycles. The van der Waals surface area contributed by atoms with Crippen LogP contribution in [0.4, 0.5) is 0 Å². The molecule has 652 valence electrons. The van der Waals surface area contributed by atoms with Crippen LogP contribution in [-0.4, -0.2) is 46.2 Å². The van der Waals surface area contributed by atoms with E-state index < -0.39 is 7.12 Å². The van der Waals surface area contributed by atoms with Crippen LogP contribution in [0.1, 0.15) is 0 Å². The van der Waals surface area contributed by atoms with Crippen LogP contribution in [0.25, 0.3) is 223 Å². The number of aromatic nitrogens is 6. The van der Waals surface area contributed by atoms with Gasteiger partial charge in [-0.15, -0.1) is 0 Å². The van der Waals surface area contributed by atoms with Crippen LogP contribution in [0.5, 0.6) is 0 Å². The Hall–Kier alpha value is -17.6. The summed E-state index contributed by atoms with van der Waals surface area (Å²) in [6.45, 7) is 0. The zero-order valence-electron chi connectivity index (χ0n) is 75.2. The molecule has 0 saturated carbocycles. The Morgan fingerprint density at radius 1 is 0.167 bits per heavy atom. The highest BCUT2D eigenvalue weighted by atomic mass is 35.5. The summed E-state index contributed by atoms with van der Waals surface area (Å²) >= 11 is 6.48. The van der Waals surface area contributed by atoms with E-state index in [-0.39, 0.29) is 5.28 Å². The number of benzene rings is 20. The second kappa shape index (κ2) is 38.9. The van der Waals surface area contributed by atoms with Gasteiger partial charge in [-0.25, -0.2) is 19.9 Å². The van der Waals surface area contributed by atoms with Gasteiger partial charge < -0.3 is 19.2 Å². The Morgan fingerprint density at radius 3 is 0.645 bits per heavy atom. The smallest absolute Gasteiger partial charge is 0.423 e. The van der Waals surface area contributed by atoms with Crippen LogP contribution >= 0.6 is 11.6 Å². The molecule has 0 aliphatic rings. The SMILES string of the molecule is Clc1nc(-c2ccc(-c3cccc(-c4ccccc4)c3)cc2)cc(-c2ccc(-c3cccc(-c4cccc(-c5ccccc5)c4)c3)cc2)n1.OB(O)c1cccc(-n2c3ccccc3c3ccccc32)c1.c1ccc(-c2cccc(-c3ccc(-c4cc(-c5ccc(-c6cccc(-c7cccc(-c8ccccc8)c7)c6)cc5)nc(-c5cccc(-n6c7ccccc7c7ccccc76)c5)n4)cc3)c2)cc1. The second-order valence-electron chi connectivity index (χ2n) is 34.4. The first-order chi connectivity index (χ1) is 68.1. The number of fused-ring (bicyclic) bond motifs is 6. The van der Waals surface area contributed by atoms with Crippen LogP contribution < -0.4 is 5.46 Å². The minimum Gasteiger partial charge on any atom is -0.423 e. The van der Waals surface area contributed by atoms with Gasteiger partial charge in [-0.2, -0.15) is 0 Å². The van der Waals surface area contributed by atoms with Crippen LogP contribution in [0, 0.1) is 0 Å². The number of rotatable bonds is 18. The lowest BCUT2D eigenvalue weighted by molar-refractivity contribution is 0.425. The van der Waals surface area contributed by atoms with Crippen molar-refractivity contribution in [1.29, 1.82) is 0 Å². The molecular formula is C128H88BClN6O2. The molecule has 0 fully saturated rings. The summed E-state index contributed by atoms with van der Waals surface area (Å²) in [5, 5.41) is 23.9. The Bertz CT molecular complexity index is 8420. The van der Waals surface area contributed by atoms with Gasteiger partial charge in [-0.05, 0) is 225 Å². The first-order valence-corrected chi connectivity index (χ1v) is 46.7. The van der Waals surface area contributed by atoms with Gasteiger partial charge >= 0.3 is 7.12 Å². The Morgan fingerprint density at radius 2 is 0.370 bits per heavy atom. The predicted molar refractivity (Wildman–Crippen MR) is 576 cm³/mol. The lowest BCUT2D eigenvalue weighted by Gasteiger charge is -2.13. The number of hydrogen-bond donors (Lipinski definition) is 2. The predicted octanol–water partition coefficient (Wildman–Crippen LogP) is 32.2. The molecule has 0 amide bonds. The number of nitrogens with zero attached hydrogens (tertiary/aromatic N) is 6. The number of hydrogen-bond acceptors (Lipinski definition) is 6. The van der Waals surface area contributed by atoms with Gasteiger partial charge in [0.1, 0.15) is 0 Å². The van der Waals surface area contributed by atoms with E-state index in [1.54, 1.807) is 6.07 Å². The van der Waals surface area contributed by atoms with E-state index >= 15 is 0 Å². The highest BCUT2D eigenvalue weighted by Crippen LogP contribution is 2.41. The van der Waals surface area contributed by atoms with Gasteiger partial charge in [-0.1, -0.05) is 425 Å². The van der Waals surface area contributed by atoms with Crippen molar-refractivity contribution in [3.8, 4) is 179 Å². The van der Waals surface area contributed by atoms with Gasteiger partial charge in [0.05, 0.1) is 44.8 Å². The normalized spacial score (nSPS) is 11.2. The van der Waals surface area contributed by atoms with Gasteiger partial charge in [0.2, 0.25) is 5.28 Å². The zero-order chi connectivity index (χ0) is 92.6. The van der Waals surface area contributed by atoms with Gasteiger partial charge in [0.15, 0.2) is 5.82 Å². The Balaban J connectivity index is 0.000000134. The monoisotopic (exact) mass is 1790 g/mol. The van der Waals surface area contributed by atoms with Crippen LogP contribution in [-0.2, 0) is 0 Å². The van der Waals surface area contributed by atoms with E-state index in [4.69, 9.17) is 21.6 Å². The third kappa shape index (κ3) is 18.3. The molecule has 0 radical (unpaired) electrons. The zero-order valence-corrected chi connectivity index (χ0v) is 75.9. The molecule has 10 heteroatoms. The van der Waals surface area contributed by atoms with E-state index in [0.29, 0.717) is 11.3 Å². The van der Waals surface area contributed by atoms with Crippen molar-refractivity contribution in [2.45, 2.75) is 0 Å². The van der Waals surface area contributed by atoms with Crippen LogP contribution in [0.3, 0.4) is 0 Å². The van der Waals surface area contributed by atoms with E-state index in [0.717, 1.165) is 117 Å². The second-order valence-corrected chi connectivity index (χ2v) is 34.7. The van der Waals surface area contributed by atoms with Gasteiger partial charge in [0, 0.05) is 60.7 Å². The summed E-state index contributed by atoms with van der Waals surface area (Å²) in [6, 6.07) is 183. The molecule has 4 aromatic heterocycles. The molecule has 0 bridgehead atoms. The summed E-state index contributed by atoms with van der Waals surface area (Å²) in [5.41, 5.74) is 38.9. The van der Waals surface area contributed by atoms with Crippen molar-refractivity contribution in [2.75, 3.05) is 0 Å². The molecule has 24 aromatic rings. The highest BCUT2D eigenvalue weighted by Gasteiger charge is 2.21. The maximum atomic E-state index is 9.42. The quantitative estimate of drug-likeness (QED) is 0.0656. The molecular weight excluding hydrogens is 1700 g/mol. The fraction of sp³-hybridized carbons (Fsp3) is 0. The molecule has 0 unspecified atom stereocenters. The van der Waals surface area contributed by atoms with Crippen LogP contribution in [0.15, 0.2) is 522 Å². The van der Waals surface area contributed by atoms with E-state index in [2.05, 4.69) is 474 Å². The average molecular weight is 1790 g/mol. The Labute approximate surface area is 807 Å². The molecule has 0 aliphatic carbocycles. The van der Waals surface area contributed by atoms with Gasteiger partial charge in [-0.3, -0.25) is 0 Å². The molecule has 20 aromatic carbocycles.